The number of nitrogens with zero attached hydrogens (tertiary/aromatic N) is 1. The molecule has 0 bridgehead atoms. The number of allylic oxidation sites excluding steroid dienone is 4. The maximum atomic E-state index is 2.63. The first-order chi connectivity index (χ1) is 19.7. The first kappa shape index (κ1) is 24.7. The molecule has 0 spiro atoms. The molecule has 1 aliphatic rings. The fourth-order valence-electron chi connectivity index (χ4n) is 6.39. The molecule has 0 fully saturated rings. The minimum absolute atomic E-state index is 0.232. The van der Waals surface area contributed by atoms with Crippen molar-refractivity contribution < 1.29 is 0 Å². The fraction of sp³-hybridized carbons (Fsp3) is 0.105. The van der Waals surface area contributed by atoms with E-state index in [1.807, 2.05) is 0 Å². The predicted molar refractivity (Wildman–Crippen MR) is 171 cm³/mol. The highest BCUT2D eigenvalue weighted by Gasteiger charge is 2.36. The Balaban J connectivity index is 1.70. The van der Waals surface area contributed by atoms with Gasteiger partial charge in [0.2, 0.25) is 0 Å². The van der Waals surface area contributed by atoms with E-state index in [0.717, 1.165) is 0 Å². The highest BCUT2D eigenvalue weighted by molar-refractivity contribution is 8.34. The molecule has 40 heavy (non-hydrogen) atoms. The van der Waals surface area contributed by atoms with Gasteiger partial charge >= 0.3 is 0 Å². The second kappa shape index (κ2) is 10.0. The summed E-state index contributed by atoms with van der Waals surface area (Å²) in [6, 6.07) is 47.8. The molecular formula is C38H33NS. The SMILES string of the molecule is Cc1ccc(S(c2ccccc2)(c2ccccc2)c2cccc3c4ccccc4n(C4C=CC=C[C@H]4C)c23)cc1. The van der Waals surface area contributed by atoms with E-state index in [4.69, 9.17) is 0 Å². The van der Waals surface area contributed by atoms with Crippen LogP contribution >= 0.6 is 10.0 Å². The van der Waals surface area contributed by atoms with Gasteiger partial charge in [0, 0.05) is 35.9 Å². The van der Waals surface area contributed by atoms with Gasteiger partial charge < -0.3 is 4.57 Å². The van der Waals surface area contributed by atoms with Gasteiger partial charge in [-0.1, -0.05) is 116 Å². The summed E-state index contributed by atoms with van der Waals surface area (Å²) in [6.07, 6.45) is 9.11. The van der Waals surface area contributed by atoms with Gasteiger partial charge in [0.1, 0.15) is 0 Å². The van der Waals surface area contributed by atoms with Crippen molar-refractivity contribution in [3.63, 3.8) is 0 Å². The van der Waals surface area contributed by atoms with Crippen LogP contribution in [0.5, 0.6) is 0 Å². The Hall–Kier alpha value is -4.27. The Labute approximate surface area is 238 Å². The predicted octanol–water partition coefficient (Wildman–Crippen LogP) is 10.7. The minimum Gasteiger partial charge on any atom is -0.332 e. The molecule has 1 aromatic heterocycles. The zero-order valence-corrected chi connectivity index (χ0v) is 23.8. The largest absolute Gasteiger partial charge is 0.332 e. The molecule has 196 valence electrons. The average Bonchev–Trinajstić information content (AvgIpc) is 3.35. The smallest absolute Gasteiger partial charge is 0.0629 e. The molecule has 7 rings (SSSR count). The van der Waals surface area contributed by atoms with Crippen molar-refractivity contribution >= 4 is 31.8 Å². The number of benzene rings is 5. The molecule has 0 saturated carbocycles. The summed E-state index contributed by atoms with van der Waals surface area (Å²) < 4.78 is 2.63. The molecule has 0 amide bonds. The first-order valence-corrected chi connectivity index (χ1v) is 15.7. The van der Waals surface area contributed by atoms with Crippen LogP contribution in [-0.4, -0.2) is 4.57 Å². The van der Waals surface area contributed by atoms with Gasteiger partial charge in [0.15, 0.2) is 0 Å². The van der Waals surface area contributed by atoms with Crippen molar-refractivity contribution in [3.05, 3.63) is 157 Å². The summed E-state index contributed by atoms with van der Waals surface area (Å²) in [4.78, 5) is 5.44. The summed E-state index contributed by atoms with van der Waals surface area (Å²) in [7, 11) is -1.84. The van der Waals surface area contributed by atoms with Gasteiger partial charge in [-0.15, -0.1) is 10.0 Å². The Morgan fingerprint density at radius 3 is 1.80 bits per heavy atom. The van der Waals surface area contributed by atoms with Gasteiger partial charge in [-0.25, -0.2) is 0 Å². The Bertz CT molecular complexity index is 1820. The van der Waals surface area contributed by atoms with Crippen molar-refractivity contribution in [1.29, 1.82) is 0 Å². The van der Waals surface area contributed by atoms with Crippen LogP contribution in [0, 0.1) is 12.8 Å². The van der Waals surface area contributed by atoms with Gasteiger partial charge in [-0.2, -0.15) is 0 Å². The fourth-order valence-corrected chi connectivity index (χ4v) is 10.4. The Kier molecular flexibility index (Phi) is 6.21. The van der Waals surface area contributed by atoms with Crippen LogP contribution in [0.2, 0.25) is 0 Å². The second-order valence-corrected chi connectivity index (χ2v) is 13.8. The second-order valence-electron chi connectivity index (χ2n) is 10.7. The third kappa shape index (κ3) is 3.78. The van der Waals surface area contributed by atoms with E-state index < -0.39 is 10.0 Å². The Morgan fingerprint density at radius 2 is 1.12 bits per heavy atom. The number of rotatable bonds is 5. The molecule has 0 saturated heterocycles. The van der Waals surface area contributed by atoms with E-state index in [0.29, 0.717) is 5.92 Å². The molecule has 5 aromatic carbocycles. The van der Waals surface area contributed by atoms with Crippen molar-refractivity contribution in [3.8, 4) is 0 Å². The van der Waals surface area contributed by atoms with Crippen LogP contribution in [0.3, 0.4) is 0 Å². The van der Waals surface area contributed by atoms with E-state index in [1.54, 1.807) is 0 Å². The zero-order chi connectivity index (χ0) is 27.1. The molecule has 2 atom stereocenters. The molecule has 2 heteroatoms. The van der Waals surface area contributed by atoms with Crippen molar-refractivity contribution in [2.45, 2.75) is 39.5 Å². The first-order valence-electron chi connectivity index (χ1n) is 14.1. The molecule has 0 radical (unpaired) electrons. The number of aryl methyl sites for hydroxylation is 1. The molecule has 1 unspecified atom stereocenters. The highest BCUT2D eigenvalue weighted by Crippen LogP contribution is 2.74. The van der Waals surface area contributed by atoms with E-state index in [2.05, 4.69) is 170 Å². The number of hydrogen-bond donors (Lipinski definition) is 0. The molecular weight excluding hydrogens is 502 g/mol. The average molecular weight is 536 g/mol. The van der Waals surface area contributed by atoms with Crippen molar-refractivity contribution in [2.24, 2.45) is 5.92 Å². The summed E-state index contributed by atoms with van der Waals surface area (Å²) in [5.74, 6) is 0.384. The summed E-state index contributed by atoms with van der Waals surface area (Å²) in [5, 5.41) is 2.63. The number of aromatic nitrogens is 1. The van der Waals surface area contributed by atoms with E-state index in [1.165, 1.54) is 47.0 Å². The lowest BCUT2D eigenvalue weighted by atomic mass is 9.96. The molecule has 0 aliphatic heterocycles. The molecule has 1 heterocycles. The van der Waals surface area contributed by atoms with Crippen molar-refractivity contribution in [2.75, 3.05) is 0 Å². The van der Waals surface area contributed by atoms with Crippen LogP contribution in [0.1, 0.15) is 18.5 Å². The molecule has 0 N–H and O–H groups in total. The zero-order valence-electron chi connectivity index (χ0n) is 22.9. The van der Waals surface area contributed by atoms with E-state index in [9.17, 15) is 0 Å². The normalized spacial score (nSPS) is 17.4. The lowest BCUT2D eigenvalue weighted by Gasteiger charge is -2.43. The lowest BCUT2D eigenvalue weighted by molar-refractivity contribution is 0.508. The van der Waals surface area contributed by atoms with E-state index in [-0.39, 0.29) is 6.04 Å². The summed E-state index contributed by atoms with van der Waals surface area (Å²) in [6.45, 7) is 4.51. The van der Waals surface area contributed by atoms with E-state index >= 15 is 0 Å². The highest BCUT2D eigenvalue weighted by atomic mass is 32.3. The molecule has 1 aliphatic carbocycles. The quantitative estimate of drug-likeness (QED) is 0.207. The minimum atomic E-state index is -1.84. The van der Waals surface area contributed by atoms with Gasteiger partial charge in [-0.3, -0.25) is 0 Å². The topological polar surface area (TPSA) is 4.93 Å². The molecule has 6 aromatic rings. The number of fused-ring (bicyclic) bond motifs is 3. The third-order valence-electron chi connectivity index (χ3n) is 8.26. The van der Waals surface area contributed by atoms with Gasteiger partial charge in [0.25, 0.3) is 0 Å². The summed E-state index contributed by atoms with van der Waals surface area (Å²) >= 11 is 0. The maximum absolute atomic E-state index is 2.63. The van der Waals surface area contributed by atoms with Crippen LogP contribution in [0.15, 0.2) is 171 Å². The van der Waals surface area contributed by atoms with Crippen LogP contribution in [0.4, 0.5) is 0 Å². The standard InChI is InChI=1S/C38H33NS/c1-28-24-26-32(27-25-28)40(30-15-5-3-6-16-30,31-17-7-4-8-18-31)37-23-13-20-34-33-19-10-12-22-36(33)39(38(34)37)35-21-11-9-14-29(35)2/h3-27,29,35H,1-2H3/t29-,35?/m1/s1. The van der Waals surface area contributed by atoms with Crippen LogP contribution < -0.4 is 0 Å². The van der Waals surface area contributed by atoms with Gasteiger partial charge in [0.05, 0.1) is 11.6 Å². The number of para-hydroxylation sites is 2. The summed E-state index contributed by atoms with van der Waals surface area (Å²) in [5.41, 5.74) is 3.90. The monoisotopic (exact) mass is 535 g/mol. The maximum Gasteiger partial charge on any atom is 0.0629 e. The van der Waals surface area contributed by atoms with Crippen molar-refractivity contribution in [1.82, 2.24) is 4.57 Å². The van der Waals surface area contributed by atoms with Crippen LogP contribution in [0.25, 0.3) is 21.8 Å². The van der Waals surface area contributed by atoms with Gasteiger partial charge in [-0.05, 0) is 61.4 Å². The lowest BCUT2D eigenvalue weighted by Crippen LogP contribution is -2.16. The molecule has 1 nitrogen and oxygen atoms in total. The third-order valence-corrected chi connectivity index (χ3v) is 12.2. The van der Waals surface area contributed by atoms with Crippen LogP contribution in [-0.2, 0) is 0 Å². The number of hydrogen-bond acceptors (Lipinski definition) is 0. The Morgan fingerprint density at radius 1 is 0.550 bits per heavy atom.